The Kier molecular flexibility index (Phi) is 4.92. The number of rotatable bonds is 6. The molecular formula is C15H20N4O2. The predicted octanol–water partition coefficient (Wildman–Crippen LogP) is 3.27. The Labute approximate surface area is 123 Å². The molecule has 0 atom stereocenters. The van der Waals surface area contributed by atoms with Crippen LogP contribution in [-0.2, 0) is 0 Å². The molecule has 2 heterocycles. The molecule has 0 aliphatic carbocycles. The molecule has 0 radical (unpaired) electrons. The van der Waals surface area contributed by atoms with Crippen molar-refractivity contribution in [3.05, 3.63) is 35.9 Å². The molecule has 2 N–H and O–H groups in total. The zero-order valence-corrected chi connectivity index (χ0v) is 12.5. The van der Waals surface area contributed by atoms with Crippen LogP contribution in [0.5, 0.6) is 0 Å². The third kappa shape index (κ3) is 4.05. The van der Waals surface area contributed by atoms with Gasteiger partial charge in [0, 0.05) is 17.8 Å². The van der Waals surface area contributed by atoms with Crippen molar-refractivity contribution in [2.45, 2.75) is 33.1 Å². The quantitative estimate of drug-likeness (QED) is 0.852. The summed E-state index contributed by atoms with van der Waals surface area (Å²) in [5, 5.41) is 9.52. The van der Waals surface area contributed by atoms with Crippen LogP contribution in [0.1, 0.15) is 49.2 Å². The first-order valence-corrected chi connectivity index (χ1v) is 7.06. The number of nitrogens with zero attached hydrogens (tertiary/aromatic N) is 2. The van der Waals surface area contributed by atoms with Crippen molar-refractivity contribution in [1.29, 1.82) is 0 Å². The van der Waals surface area contributed by atoms with E-state index in [0.29, 0.717) is 11.3 Å². The monoisotopic (exact) mass is 288 g/mol. The van der Waals surface area contributed by atoms with Gasteiger partial charge >= 0.3 is 0 Å². The van der Waals surface area contributed by atoms with E-state index in [1.165, 1.54) is 12.5 Å². The molecule has 0 unspecified atom stereocenters. The summed E-state index contributed by atoms with van der Waals surface area (Å²) in [5.74, 6) is 0.760. The van der Waals surface area contributed by atoms with Crippen molar-refractivity contribution < 1.29 is 9.32 Å². The lowest BCUT2D eigenvalue weighted by molar-refractivity contribution is 0.102. The fraction of sp³-hybridized carbons (Fsp3) is 0.400. The number of carbonyl (C=O) groups is 1. The molecule has 1 amide bonds. The normalized spacial score (nSPS) is 10.7. The van der Waals surface area contributed by atoms with Gasteiger partial charge in [-0.25, -0.2) is 4.98 Å². The highest BCUT2D eigenvalue weighted by Crippen LogP contribution is 2.19. The van der Waals surface area contributed by atoms with Gasteiger partial charge in [0.1, 0.15) is 17.8 Å². The first kappa shape index (κ1) is 15.0. The Morgan fingerprint density at radius 2 is 2.19 bits per heavy atom. The Morgan fingerprint density at radius 1 is 1.38 bits per heavy atom. The van der Waals surface area contributed by atoms with E-state index in [1.54, 1.807) is 6.07 Å². The summed E-state index contributed by atoms with van der Waals surface area (Å²) in [4.78, 5) is 16.8. The zero-order chi connectivity index (χ0) is 15.2. The fourth-order valence-electron chi connectivity index (χ4n) is 1.79. The van der Waals surface area contributed by atoms with Crippen molar-refractivity contribution in [2.24, 2.45) is 0 Å². The highest BCUT2D eigenvalue weighted by molar-refractivity contribution is 6.04. The second kappa shape index (κ2) is 6.88. The van der Waals surface area contributed by atoms with E-state index in [4.69, 9.17) is 4.52 Å². The topological polar surface area (TPSA) is 80.0 Å². The average molecular weight is 288 g/mol. The second-order valence-electron chi connectivity index (χ2n) is 5.11. The smallest absolute Gasteiger partial charge is 0.255 e. The van der Waals surface area contributed by atoms with Gasteiger partial charge in [0.25, 0.3) is 5.91 Å². The molecule has 0 aromatic carbocycles. The molecule has 0 spiro atoms. The molecule has 0 bridgehead atoms. The third-order valence-electron chi connectivity index (χ3n) is 2.95. The van der Waals surface area contributed by atoms with Crippen LogP contribution >= 0.6 is 0 Å². The van der Waals surface area contributed by atoms with Crippen molar-refractivity contribution in [1.82, 2.24) is 10.1 Å². The van der Waals surface area contributed by atoms with Crippen LogP contribution in [0.25, 0.3) is 0 Å². The molecule has 112 valence electrons. The summed E-state index contributed by atoms with van der Waals surface area (Å²) in [6.07, 6.45) is 3.84. The molecule has 0 fully saturated rings. The molecule has 21 heavy (non-hydrogen) atoms. The highest BCUT2D eigenvalue weighted by atomic mass is 16.5. The lowest BCUT2D eigenvalue weighted by atomic mass is 10.1. The standard InChI is InChI=1S/C15H20N4O2/c1-4-5-16-14-7-11(6-13(19-14)10(2)3)15(20)18-12-8-17-21-9-12/h6-10H,4-5H2,1-3H3,(H,16,19)(H,18,20). The Morgan fingerprint density at radius 3 is 2.81 bits per heavy atom. The number of hydrogen-bond acceptors (Lipinski definition) is 5. The van der Waals surface area contributed by atoms with Gasteiger partial charge in [-0.15, -0.1) is 0 Å². The minimum atomic E-state index is -0.206. The Hall–Kier alpha value is -2.37. The number of pyridine rings is 1. The summed E-state index contributed by atoms with van der Waals surface area (Å²) < 4.78 is 4.70. The summed E-state index contributed by atoms with van der Waals surface area (Å²) in [6.45, 7) is 7.00. The van der Waals surface area contributed by atoms with E-state index in [-0.39, 0.29) is 11.8 Å². The molecule has 0 aliphatic rings. The van der Waals surface area contributed by atoms with Crippen LogP contribution in [0.15, 0.2) is 29.1 Å². The fourth-order valence-corrected chi connectivity index (χ4v) is 1.79. The molecule has 2 aromatic heterocycles. The second-order valence-corrected chi connectivity index (χ2v) is 5.11. The van der Waals surface area contributed by atoms with Crippen LogP contribution in [0.4, 0.5) is 11.5 Å². The lowest BCUT2D eigenvalue weighted by Gasteiger charge is -2.12. The molecule has 2 rings (SSSR count). The van der Waals surface area contributed by atoms with Crippen LogP contribution in [0.2, 0.25) is 0 Å². The van der Waals surface area contributed by atoms with E-state index in [2.05, 4.69) is 27.7 Å². The molecule has 6 nitrogen and oxygen atoms in total. The third-order valence-corrected chi connectivity index (χ3v) is 2.95. The predicted molar refractivity (Wildman–Crippen MR) is 81.6 cm³/mol. The molecule has 0 saturated heterocycles. The van der Waals surface area contributed by atoms with E-state index in [9.17, 15) is 4.79 Å². The van der Waals surface area contributed by atoms with Gasteiger partial charge in [-0.05, 0) is 24.5 Å². The summed E-state index contributed by atoms with van der Waals surface area (Å²) in [6, 6.07) is 3.56. The maximum atomic E-state index is 12.3. The van der Waals surface area contributed by atoms with Gasteiger partial charge in [0.2, 0.25) is 0 Å². The number of aromatic nitrogens is 2. The van der Waals surface area contributed by atoms with Crippen LogP contribution in [-0.4, -0.2) is 22.6 Å². The maximum absolute atomic E-state index is 12.3. The minimum Gasteiger partial charge on any atom is -0.370 e. The molecular weight excluding hydrogens is 268 g/mol. The maximum Gasteiger partial charge on any atom is 0.255 e. The number of nitrogens with one attached hydrogen (secondary N) is 2. The molecule has 2 aromatic rings. The summed E-state index contributed by atoms with van der Waals surface area (Å²) in [7, 11) is 0. The van der Waals surface area contributed by atoms with Crippen molar-refractivity contribution in [3.63, 3.8) is 0 Å². The van der Waals surface area contributed by atoms with E-state index in [0.717, 1.165) is 24.5 Å². The van der Waals surface area contributed by atoms with Crippen molar-refractivity contribution in [3.8, 4) is 0 Å². The van der Waals surface area contributed by atoms with Crippen LogP contribution in [0.3, 0.4) is 0 Å². The molecule has 0 saturated carbocycles. The van der Waals surface area contributed by atoms with Gasteiger partial charge in [-0.3, -0.25) is 4.79 Å². The van der Waals surface area contributed by atoms with Gasteiger partial charge in [-0.2, -0.15) is 0 Å². The number of carbonyl (C=O) groups excluding carboxylic acids is 1. The van der Waals surface area contributed by atoms with E-state index >= 15 is 0 Å². The number of amides is 1. The minimum absolute atomic E-state index is 0.206. The van der Waals surface area contributed by atoms with Crippen LogP contribution < -0.4 is 10.6 Å². The highest BCUT2D eigenvalue weighted by Gasteiger charge is 2.12. The van der Waals surface area contributed by atoms with Gasteiger partial charge in [-0.1, -0.05) is 25.9 Å². The summed E-state index contributed by atoms with van der Waals surface area (Å²) in [5.41, 5.74) is 1.98. The summed E-state index contributed by atoms with van der Waals surface area (Å²) >= 11 is 0. The first-order chi connectivity index (χ1) is 10.1. The lowest BCUT2D eigenvalue weighted by Crippen LogP contribution is -2.14. The van der Waals surface area contributed by atoms with Gasteiger partial charge in [0.15, 0.2) is 0 Å². The van der Waals surface area contributed by atoms with Crippen LogP contribution in [0, 0.1) is 0 Å². The first-order valence-electron chi connectivity index (χ1n) is 7.06. The Balaban J connectivity index is 2.23. The van der Waals surface area contributed by atoms with E-state index in [1.807, 2.05) is 19.9 Å². The molecule has 6 heteroatoms. The van der Waals surface area contributed by atoms with Gasteiger partial charge in [0.05, 0.1) is 6.20 Å². The zero-order valence-electron chi connectivity index (χ0n) is 12.5. The van der Waals surface area contributed by atoms with E-state index < -0.39 is 0 Å². The largest absolute Gasteiger partial charge is 0.370 e. The average Bonchev–Trinajstić information content (AvgIpc) is 2.97. The molecule has 0 aliphatic heterocycles. The van der Waals surface area contributed by atoms with Crippen molar-refractivity contribution >= 4 is 17.4 Å². The SMILES string of the molecule is CCCNc1cc(C(=O)Nc2cnoc2)cc(C(C)C)n1. The van der Waals surface area contributed by atoms with Crippen molar-refractivity contribution in [2.75, 3.05) is 17.2 Å². The number of hydrogen-bond donors (Lipinski definition) is 2. The van der Waals surface area contributed by atoms with Gasteiger partial charge < -0.3 is 15.2 Å². The Bertz CT molecular complexity index is 594. The number of anilines is 2.